The van der Waals surface area contributed by atoms with Gasteiger partial charge in [0.05, 0.1) is 9.71 Å². The molecule has 0 bridgehead atoms. The number of rotatable bonds is 3. The van der Waals surface area contributed by atoms with Crippen LogP contribution in [-0.2, 0) is 11.2 Å². The molecule has 0 saturated heterocycles. The zero-order valence-corrected chi connectivity index (χ0v) is 15.4. The number of likely N-dealkylation sites (N-methyl/N-ethyl adjacent to an activating group) is 1. The second kappa shape index (κ2) is 7.42. The fourth-order valence-corrected chi connectivity index (χ4v) is 3.47. The maximum Gasteiger partial charge on any atom is 0.250 e. The van der Waals surface area contributed by atoms with Crippen molar-refractivity contribution in [2.24, 2.45) is 0 Å². The summed E-state index contributed by atoms with van der Waals surface area (Å²) in [4.78, 5) is 17.6. The molecule has 0 radical (unpaired) electrons. The van der Waals surface area contributed by atoms with Gasteiger partial charge in [0.25, 0.3) is 0 Å². The smallest absolute Gasteiger partial charge is 0.250 e. The molecule has 2 aromatic carbocycles. The van der Waals surface area contributed by atoms with Gasteiger partial charge < -0.3 is 10.0 Å². The van der Waals surface area contributed by atoms with Crippen LogP contribution in [0.25, 0.3) is 10.2 Å². The van der Waals surface area contributed by atoms with Crippen molar-refractivity contribution < 1.29 is 9.90 Å². The number of phenols is 1. The highest BCUT2D eigenvalue weighted by Gasteiger charge is 2.08. The Morgan fingerprint density at radius 2 is 2.19 bits per heavy atom. The number of thiazole rings is 1. The molecule has 0 fully saturated rings. The fraction of sp³-hybridized carbons (Fsp3) is 0.143. The highest BCUT2D eigenvalue weighted by molar-refractivity contribution is 7.18. The molecule has 0 saturated carbocycles. The van der Waals surface area contributed by atoms with Crippen LogP contribution in [0.4, 0.5) is 5.69 Å². The number of carbonyl (C=O) groups excluding carboxylic acids is 1. The number of phenolic OH excluding ortho intramolecular Hbond substituents is 1. The number of anilines is 1. The number of hydrogen-bond acceptors (Lipinski definition) is 4. The molecule has 1 N–H and O–H groups in total. The molecule has 130 valence electrons. The van der Waals surface area contributed by atoms with E-state index in [-0.39, 0.29) is 11.7 Å². The summed E-state index contributed by atoms with van der Waals surface area (Å²) >= 11 is 1.54. The van der Waals surface area contributed by atoms with Crippen molar-refractivity contribution in [3.05, 3.63) is 65.2 Å². The Morgan fingerprint density at radius 3 is 2.96 bits per heavy atom. The summed E-state index contributed by atoms with van der Waals surface area (Å²) in [5.41, 5.74) is 3.19. The summed E-state index contributed by atoms with van der Waals surface area (Å²) in [5, 5.41) is 11.0. The topological polar surface area (TPSA) is 53.4 Å². The number of amides is 1. The first-order valence-corrected chi connectivity index (χ1v) is 8.87. The largest absolute Gasteiger partial charge is 0.506 e. The first kappa shape index (κ1) is 17.7. The van der Waals surface area contributed by atoms with Gasteiger partial charge in [0.2, 0.25) is 5.91 Å². The Bertz CT molecular complexity index is 1060. The molecule has 5 heteroatoms. The maximum atomic E-state index is 11.7. The molecule has 1 heterocycles. The number of nitrogens with zero attached hydrogens (tertiary/aromatic N) is 2. The number of aromatic nitrogens is 1. The standard InChI is InChI=1S/C21H18N2O2S/c1-4-20(25)23(3)17-10-6-8-15(11-17)7-5-9-16-12-18(24)21-19(13-16)26-14(2)22-21/h4,6,8,10-13,24H,1,7H2,2-3H3. The Labute approximate surface area is 156 Å². The second-order valence-electron chi connectivity index (χ2n) is 5.82. The Balaban J connectivity index is 1.80. The first-order chi connectivity index (χ1) is 12.5. The maximum absolute atomic E-state index is 11.7. The van der Waals surface area contributed by atoms with Crippen molar-refractivity contribution in [3.63, 3.8) is 0 Å². The van der Waals surface area contributed by atoms with Crippen LogP contribution < -0.4 is 4.90 Å². The zero-order chi connectivity index (χ0) is 18.7. The number of aromatic hydroxyl groups is 1. The molecular weight excluding hydrogens is 344 g/mol. The van der Waals surface area contributed by atoms with Crippen LogP contribution in [0.3, 0.4) is 0 Å². The third-order valence-corrected chi connectivity index (χ3v) is 4.83. The van der Waals surface area contributed by atoms with Crippen molar-refractivity contribution in [1.29, 1.82) is 0 Å². The first-order valence-electron chi connectivity index (χ1n) is 8.06. The minimum Gasteiger partial charge on any atom is -0.506 e. The Kier molecular flexibility index (Phi) is 5.06. The van der Waals surface area contributed by atoms with E-state index in [1.165, 1.54) is 17.4 Å². The van der Waals surface area contributed by atoms with E-state index in [2.05, 4.69) is 23.4 Å². The van der Waals surface area contributed by atoms with Crippen LogP contribution in [0.1, 0.15) is 16.1 Å². The summed E-state index contributed by atoms with van der Waals surface area (Å²) in [6.45, 7) is 5.42. The van der Waals surface area contributed by atoms with E-state index in [4.69, 9.17) is 0 Å². The molecular formula is C21H18N2O2S. The lowest BCUT2D eigenvalue weighted by atomic mass is 10.1. The second-order valence-corrected chi connectivity index (χ2v) is 7.06. The Morgan fingerprint density at radius 1 is 1.38 bits per heavy atom. The minimum atomic E-state index is -0.156. The van der Waals surface area contributed by atoms with Crippen molar-refractivity contribution in [3.8, 4) is 17.6 Å². The van der Waals surface area contributed by atoms with E-state index in [0.29, 0.717) is 11.9 Å². The van der Waals surface area contributed by atoms with Gasteiger partial charge >= 0.3 is 0 Å². The summed E-state index contributed by atoms with van der Waals surface area (Å²) < 4.78 is 0.929. The molecule has 0 aliphatic heterocycles. The summed E-state index contributed by atoms with van der Waals surface area (Å²) in [6.07, 6.45) is 1.83. The van der Waals surface area contributed by atoms with Gasteiger partial charge in [-0.2, -0.15) is 0 Å². The third-order valence-electron chi connectivity index (χ3n) is 3.91. The highest BCUT2D eigenvalue weighted by atomic mass is 32.1. The predicted molar refractivity (Wildman–Crippen MR) is 107 cm³/mol. The molecule has 0 spiro atoms. The molecule has 3 rings (SSSR count). The lowest BCUT2D eigenvalue weighted by molar-refractivity contribution is -0.113. The molecule has 26 heavy (non-hydrogen) atoms. The Hall–Kier alpha value is -3.10. The van der Waals surface area contributed by atoms with Crippen molar-refractivity contribution in [2.45, 2.75) is 13.3 Å². The van der Waals surface area contributed by atoms with Crippen molar-refractivity contribution >= 4 is 33.1 Å². The van der Waals surface area contributed by atoms with Crippen LogP contribution in [0.5, 0.6) is 5.75 Å². The number of hydrogen-bond donors (Lipinski definition) is 1. The molecule has 1 aromatic heterocycles. The number of fused-ring (bicyclic) bond motifs is 1. The molecule has 4 nitrogen and oxygen atoms in total. The molecule has 0 aliphatic carbocycles. The van der Waals surface area contributed by atoms with E-state index in [1.807, 2.05) is 37.3 Å². The van der Waals surface area contributed by atoms with Gasteiger partial charge in [0.15, 0.2) is 0 Å². The number of carbonyl (C=O) groups is 1. The number of benzene rings is 2. The van der Waals surface area contributed by atoms with E-state index in [0.717, 1.165) is 26.5 Å². The molecule has 0 atom stereocenters. The summed E-state index contributed by atoms with van der Waals surface area (Å²) in [5.74, 6) is 6.22. The van der Waals surface area contributed by atoms with Gasteiger partial charge in [-0.15, -0.1) is 11.3 Å². The average Bonchev–Trinajstić information content (AvgIpc) is 3.01. The minimum absolute atomic E-state index is 0.155. The van der Waals surface area contributed by atoms with Crippen molar-refractivity contribution in [1.82, 2.24) is 4.98 Å². The average molecular weight is 362 g/mol. The zero-order valence-electron chi connectivity index (χ0n) is 14.6. The van der Waals surface area contributed by atoms with Crippen LogP contribution in [0, 0.1) is 18.8 Å². The summed E-state index contributed by atoms with van der Waals surface area (Å²) in [6, 6.07) is 11.3. The van der Waals surface area contributed by atoms with E-state index in [1.54, 1.807) is 18.0 Å². The van der Waals surface area contributed by atoms with Gasteiger partial charge in [0, 0.05) is 24.7 Å². The number of aryl methyl sites for hydroxylation is 1. The van der Waals surface area contributed by atoms with Crippen molar-refractivity contribution in [2.75, 3.05) is 11.9 Å². The molecule has 0 unspecified atom stereocenters. The normalized spacial score (nSPS) is 10.2. The molecule has 1 amide bonds. The monoisotopic (exact) mass is 362 g/mol. The van der Waals surface area contributed by atoms with E-state index >= 15 is 0 Å². The van der Waals surface area contributed by atoms with Crippen LogP contribution in [0.2, 0.25) is 0 Å². The fourth-order valence-electron chi connectivity index (χ4n) is 2.58. The van der Waals surface area contributed by atoms with E-state index in [9.17, 15) is 9.90 Å². The predicted octanol–water partition coefficient (Wildman–Crippen LogP) is 4.05. The van der Waals surface area contributed by atoms with Crippen LogP contribution >= 0.6 is 11.3 Å². The lowest BCUT2D eigenvalue weighted by Crippen LogP contribution is -2.23. The van der Waals surface area contributed by atoms with E-state index < -0.39 is 0 Å². The molecule has 3 aromatic rings. The van der Waals surface area contributed by atoms with Gasteiger partial charge in [-0.05, 0) is 42.8 Å². The summed E-state index contributed by atoms with van der Waals surface area (Å²) in [7, 11) is 1.71. The van der Waals surface area contributed by atoms with Gasteiger partial charge in [-0.3, -0.25) is 4.79 Å². The third kappa shape index (κ3) is 3.76. The van der Waals surface area contributed by atoms with Gasteiger partial charge in [-0.1, -0.05) is 30.6 Å². The lowest BCUT2D eigenvalue weighted by Gasteiger charge is -2.15. The SMILES string of the molecule is C=CC(=O)N(C)c1cccc(CC#Cc2cc(O)c3nc(C)sc3c2)c1. The highest BCUT2D eigenvalue weighted by Crippen LogP contribution is 2.30. The van der Waals surface area contributed by atoms with Gasteiger partial charge in [-0.25, -0.2) is 4.98 Å². The van der Waals surface area contributed by atoms with Gasteiger partial charge in [0.1, 0.15) is 11.3 Å². The van der Waals surface area contributed by atoms with Crippen LogP contribution in [-0.4, -0.2) is 23.0 Å². The van der Waals surface area contributed by atoms with Crippen LogP contribution in [0.15, 0.2) is 49.1 Å². The quantitative estimate of drug-likeness (QED) is 0.565. The molecule has 0 aliphatic rings.